The SMILES string of the molecule is CC(=O)CC(C)=NNC(N)=S. The molecule has 0 spiro atoms. The lowest BCUT2D eigenvalue weighted by Gasteiger charge is -1.97. The fraction of sp³-hybridized carbons (Fsp3) is 0.500. The van der Waals surface area contributed by atoms with Gasteiger partial charge in [0.05, 0.1) is 0 Å². The molecule has 0 aliphatic rings. The Morgan fingerprint density at radius 1 is 1.64 bits per heavy atom. The van der Waals surface area contributed by atoms with Gasteiger partial charge in [-0.2, -0.15) is 5.10 Å². The van der Waals surface area contributed by atoms with Crippen molar-refractivity contribution in [3.8, 4) is 0 Å². The van der Waals surface area contributed by atoms with Crippen molar-refractivity contribution in [2.24, 2.45) is 10.8 Å². The Labute approximate surface area is 70.8 Å². The highest BCUT2D eigenvalue weighted by Gasteiger charge is 1.95. The van der Waals surface area contributed by atoms with Crippen molar-refractivity contribution in [2.75, 3.05) is 0 Å². The van der Waals surface area contributed by atoms with E-state index in [2.05, 4.69) is 22.7 Å². The Morgan fingerprint density at radius 3 is 2.55 bits per heavy atom. The lowest BCUT2D eigenvalue weighted by molar-refractivity contribution is -0.115. The van der Waals surface area contributed by atoms with Gasteiger partial charge in [-0.15, -0.1) is 0 Å². The molecule has 0 heterocycles. The maximum atomic E-state index is 10.5. The molecule has 0 unspecified atom stereocenters. The largest absolute Gasteiger partial charge is 0.375 e. The van der Waals surface area contributed by atoms with Crippen molar-refractivity contribution in [3.05, 3.63) is 0 Å². The molecule has 0 aromatic rings. The smallest absolute Gasteiger partial charge is 0.184 e. The van der Waals surface area contributed by atoms with E-state index < -0.39 is 0 Å². The first-order valence-electron chi connectivity index (χ1n) is 3.10. The quantitative estimate of drug-likeness (QED) is 0.363. The number of carbonyl (C=O) groups excluding carboxylic acids is 1. The van der Waals surface area contributed by atoms with Crippen LogP contribution in [-0.2, 0) is 4.79 Å². The Bertz CT molecular complexity index is 200. The topological polar surface area (TPSA) is 67.5 Å². The van der Waals surface area contributed by atoms with Crippen LogP contribution in [0.3, 0.4) is 0 Å². The van der Waals surface area contributed by atoms with Crippen molar-refractivity contribution in [1.82, 2.24) is 5.43 Å². The molecule has 0 bridgehead atoms. The normalized spacial score (nSPS) is 10.9. The summed E-state index contributed by atoms with van der Waals surface area (Å²) in [4.78, 5) is 10.5. The number of carbonyl (C=O) groups is 1. The number of rotatable bonds is 3. The lowest BCUT2D eigenvalue weighted by atomic mass is 10.2. The second-order valence-electron chi connectivity index (χ2n) is 2.20. The van der Waals surface area contributed by atoms with Crippen LogP contribution < -0.4 is 11.2 Å². The highest BCUT2D eigenvalue weighted by molar-refractivity contribution is 7.80. The fourth-order valence-electron chi connectivity index (χ4n) is 0.550. The van der Waals surface area contributed by atoms with Crippen molar-refractivity contribution in [3.63, 3.8) is 0 Å². The third kappa shape index (κ3) is 6.92. The molecule has 0 amide bonds. The van der Waals surface area contributed by atoms with E-state index in [0.29, 0.717) is 12.1 Å². The van der Waals surface area contributed by atoms with E-state index in [4.69, 9.17) is 5.73 Å². The van der Waals surface area contributed by atoms with Crippen LogP contribution in [0.15, 0.2) is 5.10 Å². The first-order chi connectivity index (χ1) is 5.02. The number of nitrogens with one attached hydrogen (secondary N) is 1. The van der Waals surface area contributed by atoms with Gasteiger partial charge in [-0.25, -0.2) is 0 Å². The second-order valence-corrected chi connectivity index (χ2v) is 2.64. The average Bonchev–Trinajstić information content (AvgIpc) is 1.82. The molecular formula is C6H11N3OS. The first kappa shape index (κ1) is 10.0. The summed E-state index contributed by atoms with van der Waals surface area (Å²) < 4.78 is 0. The van der Waals surface area contributed by atoms with Gasteiger partial charge in [-0.3, -0.25) is 10.2 Å². The highest BCUT2D eigenvalue weighted by Crippen LogP contribution is 1.85. The third-order valence-electron chi connectivity index (χ3n) is 0.862. The summed E-state index contributed by atoms with van der Waals surface area (Å²) in [5.41, 5.74) is 8.17. The molecule has 0 aromatic carbocycles. The van der Waals surface area contributed by atoms with E-state index in [-0.39, 0.29) is 10.9 Å². The molecule has 11 heavy (non-hydrogen) atoms. The second kappa shape index (κ2) is 4.79. The number of hydrazone groups is 1. The molecule has 0 aromatic heterocycles. The molecule has 0 fully saturated rings. The van der Waals surface area contributed by atoms with E-state index in [9.17, 15) is 4.79 Å². The van der Waals surface area contributed by atoms with Gasteiger partial charge in [0.1, 0.15) is 5.78 Å². The van der Waals surface area contributed by atoms with E-state index in [1.807, 2.05) is 0 Å². The highest BCUT2D eigenvalue weighted by atomic mass is 32.1. The molecule has 0 saturated carbocycles. The maximum absolute atomic E-state index is 10.5. The zero-order chi connectivity index (χ0) is 8.85. The summed E-state index contributed by atoms with van der Waals surface area (Å²) in [6, 6.07) is 0. The summed E-state index contributed by atoms with van der Waals surface area (Å²) in [6.45, 7) is 3.23. The zero-order valence-electron chi connectivity index (χ0n) is 6.55. The minimum Gasteiger partial charge on any atom is -0.375 e. The summed E-state index contributed by atoms with van der Waals surface area (Å²) in [5, 5.41) is 3.85. The van der Waals surface area contributed by atoms with E-state index in [1.54, 1.807) is 6.92 Å². The Hall–Kier alpha value is -0.970. The summed E-state index contributed by atoms with van der Waals surface area (Å²) in [5.74, 6) is 0.0657. The van der Waals surface area contributed by atoms with Crippen LogP contribution in [0, 0.1) is 0 Å². The molecule has 3 N–H and O–H groups in total. The van der Waals surface area contributed by atoms with Crippen LogP contribution in [0.4, 0.5) is 0 Å². The molecule has 0 rings (SSSR count). The van der Waals surface area contributed by atoms with Crippen LogP contribution in [0.2, 0.25) is 0 Å². The number of thiocarbonyl (C=S) groups is 1. The van der Waals surface area contributed by atoms with Gasteiger partial charge in [0.2, 0.25) is 0 Å². The van der Waals surface area contributed by atoms with Crippen molar-refractivity contribution < 1.29 is 4.79 Å². The third-order valence-corrected chi connectivity index (χ3v) is 0.953. The summed E-state index contributed by atoms with van der Waals surface area (Å²) in [6.07, 6.45) is 0.329. The van der Waals surface area contributed by atoms with Gasteiger partial charge >= 0.3 is 0 Å². The average molecular weight is 173 g/mol. The zero-order valence-corrected chi connectivity index (χ0v) is 7.36. The number of hydrogen-bond donors (Lipinski definition) is 2. The van der Waals surface area contributed by atoms with Gasteiger partial charge in [0, 0.05) is 12.1 Å². The van der Waals surface area contributed by atoms with Crippen molar-refractivity contribution >= 4 is 28.8 Å². The minimum atomic E-state index is 0.0657. The molecule has 62 valence electrons. The number of Topliss-reactive ketones (excluding diaryl/α,β-unsaturated/α-hetero) is 1. The van der Waals surface area contributed by atoms with Crippen LogP contribution in [0.1, 0.15) is 20.3 Å². The van der Waals surface area contributed by atoms with Crippen LogP contribution in [0.5, 0.6) is 0 Å². The predicted molar refractivity (Wildman–Crippen MR) is 48.3 cm³/mol. The molecule has 5 heteroatoms. The van der Waals surface area contributed by atoms with Crippen LogP contribution in [0.25, 0.3) is 0 Å². The van der Waals surface area contributed by atoms with Crippen molar-refractivity contribution in [1.29, 1.82) is 0 Å². The van der Waals surface area contributed by atoms with Crippen molar-refractivity contribution in [2.45, 2.75) is 20.3 Å². The Morgan fingerprint density at radius 2 is 2.18 bits per heavy atom. The summed E-state index contributed by atoms with van der Waals surface area (Å²) in [7, 11) is 0. The van der Waals surface area contributed by atoms with Crippen LogP contribution >= 0.6 is 12.2 Å². The monoisotopic (exact) mass is 173 g/mol. The Kier molecular flexibility index (Phi) is 4.36. The number of ketones is 1. The van der Waals surface area contributed by atoms with Crippen LogP contribution in [-0.4, -0.2) is 16.6 Å². The predicted octanol–water partition coefficient (Wildman–Crippen LogP) is 0.175. The molecule has 0 aliphatic heterocycles. The maximum Gasteiger partial charge on any atom is 0.184 e. The Balaban J connectivity index is 3.81. The van der Waals surface area contributed by atoms with Gasteiger partial charge < -0.3 is 5.73 Å². The molecule has 0 radical (unpaired) electrons. The number of hydrogen-bond acceptors (Lipinski definition) is 3. The van der Waals surface area contributed by atoms with E-state index in [1.165, 1.54) is 6.92 Å². The molecule has 0 saturated heterocycles. The standard InChI is InChI=1S/C6H11N3OS/c1-4(3-5(2)10)8-9-6(7)11/h3H2,1-2H3,(H3,7,9,11). The molecule has 0 aliphatic carbocycles. The lowest BCUT2D eigenvalue weighted by Crippen LogP contribution is -2.25. The van der Waals surface area contributed by atoms with Gasteiger partial charge in [-0.05, 0) is 26.1 Å². The molecule has 0 atom stereocenters. The minimum absolute atomic E-state index is 0.0657. The molecule has 4 nitrogen and oxygen atoms in total. The van der Waals surface area contributed by atoms with Gasteiger partial charge in [0.25, 0.3) is 0 Å². The van der Waals surface area contributed by atoms with E-state index in [0.717, 1.165) is 0 Å². The van der Waals surface area contributed by atoms with E-state index >= 15 is 0 Å². The van der Waals surface area contributed by atoms with Gasteiger partial charge in [0.15, 0.2) is 5.11 Å². The fourth-order valence-corrected chi connectivity index (χ4v) is 0.596. The summed E-state index contributed by atoms with van der Waals surface area (Å²) >= 11 is 4.50. The first-order valence-corrected chi connectivity index (χ1v) is 3.51. The van der Waals surface area contributed by atoms with Gasteiger partial charge in [-0.1, -0.05) is 0 Å². The number of nitrogens with two attached hydrogens (primary N) is 1. The number of nitrogens with zero attached hydrogens (tertiary/aromatic N) is 1. The molecular weight excluding hydrogens is 162 g/mol.